The highest BCUT2D eigenvalue weighted by atomic mass is 19.1. The van der Waals surface area contributed by atoms with E-state index in [2.05, 4.69) is 26.9 Å². The summed E-state index contributed by atoms with van der Waals surface area (Å²) in [5.74, 6) is 1.44. The molecule has 32 heavy (non-hydrogen) atoms. The standard InChI is InChI=1S/C25H28FN3O3/c1-4-32-20-9-10-21(22(26)17-20)25-23(11-12-24(27-25)31-3)29-15-13-28(14-16-29)18-5-7-19(30-2)8-6-18/h5-12,17H,4,13-16H2,1-3H3. The highest BCUT2D eigenvalue weighted by Gasteiger charge is 2.23. The summed E-state index contributed by atoms with van der Waals surface area (Å²) in [4.78, 5) is 9.18. The molecule has 2 heterocycles. The van der Waals surface area contributed by atoms with Crippen LogP contribution in [0.2, 0.25) is 0 Å². The lowest BCUT2D eigenvalue weighted by atomic mass is 10.1. The van der Waals surface area contributed by atoms with Crippen molar-refractivity contribution in [3.05, 3.63) is 60.4 Å². The Balaban J connectivity index is 1.58. The van der Waals surface area contributed by atoms with Gasteiger partial charge in [0.05, 0.1) is 26.5 Å². The fourth-order valence-corrected chi connectivity index (χ4v) is 3.94. The SMILES string of the molecule is CCOc1ccc(-c2nc(OC)ccc2N2CCN(c3ccc(OC)cc3)CC2)c(F)c1. The van der Waals surface area contributed by atoms with Gasteiger partial charge in [0.1, 0.15) is 23.0 Å². The third-order valence-corrected chi connectivity index (χ3v) is 5.62. The number of nitrogens with zero attached hydrogens (tertiary/aromatic N) is 3. The summed E-state index contributed by atoms with van der Waals surface area (Å²) in [7, 11) is 3.23. The molecule has 1 saturated heterocycles. The molecule has 1 aromatic heterocycles. The zero-order valence-corrected chi connectivity index (χ0v) is 18.7. The van der Waals surface area contributed by atoms with Crippen LogP contribution in [-0.4, -0.2) is 52.0 Å². The summed E-state index contributed by atoms with van der Waals surface area (Å²) in [5.41, 5.74) is 3.06. The number of piperazine rings is 1. The van der Waals surface area contributed by atoms with Gasteiger partial charge >= 0.3 is 0 Å². The molecule has 7 heteroatoms. The van der Waals surface area contributed by atoms with E-state index in [0.717, 1.165) is 43.3 Å². The number of pyridine rings is 1. The Morgan fingerprint density at radius 1 is 0.844 bits per heavy atom. The number of ether oxygens (including phenoxy) is 3. The predicted molar refractivity (Wildman–Crippen MR) is 125 cm³/mol. The van der Waals surface area contributed by atoms with Gasteiger partial charge in [-0.05, 0) is 49.4 Å². The summed E-state index contributed by atoms with van der Waals surface area (Å²) < 4.78 is 31.0. The number of hydrogen-bond acceptors (Lipinski definition) is 6. The average Bonchev–Trinajstić information content (AvgIpc) is 2.84. The second-order valence-electron chi connectivity index (χ2n) is 7.47. The van der Waals surface area contributed by atoms with Crippen molar-refractivity contribution in [3.8, 4) is 28.6 Å². The number of aromatic nitrogens is 1. The van der Waals surface area contributed by atoms with E-state index in [4.69, 9.17) is 14.2 Å². The van der Waals surface area contributed by atoms with E-state index >= 15 is 0 Å². The van der Waals surface area contributed by atoms with Crippen LogP contribution in [0.15, 0.2) is 54.6 Å². The van der Waals surface area contributed by atoms with Crippen LogP contribution in [0, 0.1) is 5.82 Å². The van der Waals surface area contributed by atoms with Crippen LogP contribution in [0.1, 0.15) is 6.92 Å². The lowest BCUT2D eigenvalue weighted by Crippen LogP contribution is -2.46. The maximum atomic E-state index is 15.0. The summed E-state index contributed by atoms with van der Waals surface area (Å²) >= 11 is 0. The molecule has 4 rings (SSSR count). The van der Waals surface area contributed by atoms with Crippen LogP contribution >= 0.6 is 0 Å². The van der Waals surface area contributed by atoms with Gasteiger partial charge in [-0.2, -0.15) is 0 Å². The van der Waals surface area contributed by atoms with Crippen molar-refractivity contribution in [2.75, 3.05) is 56.8 Å². The average molecular weight is 438 g/mol. The van der Waals surface area contributed by atoms with Crippen LogP contribution in [0.4, 0.5) is 15.8 Å². The van der Waals surface area contributed by atoms with Crippen LogP contribution < -0.4 is 24.0 Å². The molecule has 0 aliphatic carbocycles. The predicted octanol–water partition coefficient (Wildman–Crippen LogP) is 4.63. The maximum absolute atomic E-state index is 15.0. The molecule has 0 bridgehead atoms. The number of benzene rings is 2. The molecule has 1 aliphatic rings. The molecular weight excluding hydrogens is 409 g/mol. The van der Waals surface area contributed by atoms with Gasteiger partial charge in [0.25, 0.3) is 0 Å². The molecule has 0 N–H and O–H groups in total. The third-order valence-electron chi connectivity index (χ3n) is 5.62. The minimum Gasteiger partial charge on any atom is -0.497 e. The van der Waals surface area contributed by atoms with E-state index in [1.54, 1.807) is 26.4 Å². The second kappa shape index (κ2) is 9.77. The second-order valence-corrected chi connectivity index (χ2v) is 7.47. The van der Waals surface area contributed by atoms with E-state index < -0.39 is 0 Å². The molecule has 0 saturated carbocycles. The maximum Gasteiger partial charge on any atom is 0.213 e. The Morgan fingerprint density at radius 2 is 1.53 bits per heavy atom. The normalized spacial score (nSPS) is 13.8. The molecule has 3 aromatic rings. The Labute approximate surface area is 188 Å². The highest BCUT2D eigenvalue weighted by molar-refractivity contribution is 5.77. The molecule has 2 aromatic carbocycles. The van der Waals surface area contributed by atoms with Crippen LogP contribution in [0.5, 0.6) is 17.4 Å². The van der Waals surface area contributed by atoms with Crippen LogP contribution in [0.25, 0.3) is 11.3 Å². The fourth-order valence-electron chi connectivity index (χ4n) is 3.94. The zero-order chi connectivity index (χ0) is 22.5. The van der Waals surface area contributed by atoms with Gasteiger partial charge in [-0.1, -0.05) is 0 Å². The Hall–Kier alpha value is -3.48. The number of methoxy groups -OCH3 is 2. The first-order valence-electron chi connectivity index (χ1n) is 10.7. The van der Waals surface area contributed by atoms with Gasteiger partial charge in [0.2, 0.25) is 5.88 Å². The molecule has 0 spiro atoms. The number of rotatable bonds is 7. The summed E-state index contributed by atoms with van der Waals surface area (Å²) in [6.45, 7) is 5.66. The van der Waals surface area contributed by atoms with Gasteiger partial charge in [-0.3, -0.25) is 0 Å². The third kappa shape index (κ3) is 4.56. The molecule has 0 atom stereocenters. The molecule has 168 valence electrons. The first-order chi connectivity index (χ1) is 15.6. The van der Waals surface area contributed by atoms with Crippen LogP contribution in [0.3, 0.4) is 0 Å². The molecule has 1 aliphatic heterocycles. The van der Waals surface area contributed by atoms with Gasteiger partial charge in [0, 0.05) is 49.6 Å². The molecule has 1 fully saturated rings. The van der Waals surface area contributed by atoms with E-state index in [-0.39, 0.29) is 5.82 Å². The first-order valence-corrected chi connectivity index (χ1v) is 10.7. The van der Waals surface area contributed by atoms with Gasteiger partial charge in [-0.25, -0.2) is 9.37 Å². The Morgan fingerprint density at radius 3 is 2.16 bits per heavy atom. The van der Waals surface area contributed by atoms with Crippen molar-refractivity contribution in [2.45, 2.75) is 6.92 Å². The zero-order valence-electron chi connectivity index (χ0n) is 18.7. The van der Waals surface area contributed by atoms with Gasteiger partial charge in [0.15, 0.2) is 0 Å². The molecule has 6 nitrogen and oxygen atoms in total. The Kier molecular flexibility index (Phi) is 6.63. The largest absolute Gasteiger partial charge is 0.497 e. The highest BCUT2D eigenvalue weighted by Crippen LogP contribution is 2.35. The van der Waals surface area contributed by atoms with E-state index in [0.29, 0.717) is 29.5 Å². The van der Waals surface area contributed by atoms with E-state index in [9.17, 15) is 4.39 Å². The van der Waals surface area contributed by atoms with Crippen molar-refractivity contribution >= 4 is 11.4 Å². The van der Waals surface area contributed by atoms with E-state index in [1.807, 2.05) is 31.2 Å². The minimum absolute atomic E-state index is 0.366. The van der Waals surface area contributed by atoms with Gasteiger partial charge in [-0.15, -0.1) is 0 Å². The smallest absolute Gasteiger partial charge is 0.213 e. The summed E-state index contributed by atoms with van der Waals surface area (Å²) in [5, 5.41) is 0. The van der Waals surface area contributed by atoms with Crippen molar-refractivity contribution < 1.29 is 18.6 Å². The van der Waals surface area contributed by atoms with E-state index in [1.165, 1.54) is 6.07 Å². The molecular formula is C25H28FN3O3. The first kappa shape index (κ1) is 21.7. The Bertz CT molecular complexity index is 1050. The lowest BCUT2D eigenvalue weighted by Gasteiger charge is -2.38. The van der Waals surface area contributed by atoms with Crippen molar-refractivity contribution in [3.63, 3.8) is 0 Å². The summed E-state index contributed by atoms with van der Waals surface area (Å²) in [6, 6.07) is 16.8. The van der Waals surface area contributed by atoms with Crippen molar-refractivity contribution in [2.24, 2.45) is 0 Å². The molecule has 0 unspecified atom stereocenters. The number of anilines is 2. The monoisotopic (exact) mass is 437 g/mol. The lowest BCUT2D eigenvalue weighted by molar-refractivity contribution is 0.338. The minimum atomic E-state index is -0.366. The number of halogens is 1. The summed E-state index contributed by atoms with van der Waals surface area (Å²) in [6.07, 6.45) is 0. The van der Waals surface area contributed by atoms with Crippen LogP contribution in [-0.2, 0) is 0 Å². The van der Waals surface area contributed by atoms with Crippen molar-refractivity contribution in [1.29, 1.82) is 0 Å². The number of hydrogen-bond donors (Lipinski definition) is 0. The fraction of sp³-hybridized carbons (Fsp3) is 0.320. The van der Waals surface area contributed by atoms with Gasteiger partial charge < -0.3 is 24.0 Å². The molecule has 0 amide bonds. The quantitative estimate of drug-likeness (QED) is 0.537. The molecule has 0 radical (unpaired) electrons. The topological polar surface area (TPSA) is 47.1 Å². The van der Waals surface area contributed by atoms with Crippen molar-refractivity contribution in [1.82, 2.24) is 4.98 Å².